The molecule has 0 aromatic carbocycles. The number of hydrogen-bond donors (Lipinski definition) is 1. The van der Waals surface area contributed by atoms with E-state index in [1.54, 1.807) is 0 Å². The van der Waals surface area contributed by atoms with Crippen LogP contribution in [-0.2, 0) is 4.74 Å². The van der Waals surface area contributed by atoms with E-state index in [4.69, 9.17) is 4.74 Å². The number of aliphatic hydroxyl groups excluding tert-OH is 1. The van der Waals surface area contributed by atoms with Crippen LogP contribution in [0.4, 0.5) is 0 Å². The smallest absolute Gasteiger partial charge is 0.0900 e. The van der Waals surface area contributed by atoms with Crippen molar-refractivity contribution in [3.63, 3.8) is 0 Å². The van der Waals surface area contributed by atoms with Gasteiger partial charge in [-0.05, 0) is 43.6 Å². The van der Waals surface area contributed by atoms with E-state index in [0.717, 1.165) is 58.0 Å². The maximum absolute atomic E-state index is 10.3. The minimum atomic E-state index is -0.344. The minimum absolute atomic E-state index is 0.344. The fourth-order valence-electron chi connectivity index (χ4n) is 3.98. The van der Waals surface area contributed by atoms with Crippen LogP contribution in [0.1, 0.15) is 53.4 Å². The zero-order chi connectivity index (χ0) is 16.9. The molecule has 2 rings (SSSR count). The van der Waals surface area contributed by atoms with Gasteiger partial charge in [0.2, 0.25) is 0 Å². The van der Waals surface area contributed by atoms with E-state index < -0.39 is 0 Å². The van der Waals surface area contributed by atoms with Crippen LogP contribution in [0.15, 0.2) is 0 Å². The van der Waals surface area contributed by atoms with Gasteiger partial charge in [0.15, 0.2) is 0 Å². The molecule has 136 valence electrons. The van der Waals surface area contributed by atoms with E-state index in [1.807, 2.05) is 0 Å². The highest BCUT2D eigenvalue weighted by Gasteiger charge is 2.30. The molecule has 1 heterocycles. The second-order valence-electron chi connectivity index (χ2n) is 8.56. The molecule has 23 heavy (non-hydrogen) atoms. The fourth-order valence-corrected chi connectivity index (χ4v) is 3.98. The summed E-state index contributed by atoms with van der Waals surface area (Å²) in [6, 6.07) is 0. The van der Waals surface area contributed by atoms with Gasteiger partial charge in [0, 0.05) is 32.7 Å². The Bertz CT molecular complexity index is 327. The third-order valence-corrected chi connectivity index (χ3v) is 5.80. The Balaban J connectivity index is 1.59. The zero-order valence-corrected chi connectivity index (χ0v) is 15.8. The van der Waals surface area contributed by atoms with Crippen LogP contribution in [0.2, 0.25) is 0 Å². The molecule has 1 saturated heterocycles. The predicted octanol–water partition coefficient (Wildman–Crippen LogP) is 2.61. The first-order valence-electron chi connectivity index (χ1n) is 9.63. The Morgan fingerprint density at radius 2 is 1.57 bits per heavy atom. The maximum atomic E-state index is 10.3. The Morgan fingerprint density at radius 3 is 2.09 bits per heavy atom. The van der Waals surface area contributed by atoms with E-state index >= 15 is 0 Å². The standard InChI is InChI=1S/C19H38N2O2/c1-5-20-10-12-21(13-11-20)14-17(22)15-23-18-8-6-16(7-9-18)19(2,3)4/h16-18,22H,5-15H2,1-4H3/t16?,17-,18?/m1/s1. The van der Waals surface area contributed by atoms with Gasteiger partial charge in [0.1, 0.15) is 0 Å². The van der Waals surface area contributed by atoms with E-state index in [9.17, 15) is 5.11 Å². The summed E-state index contributed by atoms with van der Waals surface area (Å²) < 4.78 is 6.00. The zero-order valence-electron chi connectivity index (χ0n) is 15.8. The summed E-state index contributed by atoms with van der Waals surface area (Å²) in [5.74, 6) is 0.821. The molecule has 4 nitrogen and oxygen atoms in total. The third-order valence-electron chi connectivity index (χ3n) is 5.80. The number of nitrogens with zero attached hydrogens (tertiary/aromatic N) is 2. The molecule has 0 aromatic rings. The molecular formula is C19H38N2O2. The lowest BCUT2D eigenvalue weighted by molar-refractivity contribution is -0.0470. The SMILES string of the molecule is CCN1CCN(C[C@@H](O)COC2CCC(C(C)(C)C)CC2)CC1. The molecule has 2 aliphatic rings. The lowest BCUT2D eigenvalue weighted by Crippen LogP contribution is -2.49. The summed E-state index contributed by atoms with van der Waals surface area (Å²) >= 11 is 0. The van der Waals surface area contributed by atoms with Crippen LogP contribution in [-0.4, -0.2) is 73.0 Å². The van der Waals surface area contributed by atoms with Crippen molar-refractivity contribution in [1.29, 1.82) is 0 Å². The number of hydrogen-bond acceptors (Lipinski definition) is 4. The van der Waals surface area contributed by atoms with Gasteiger partial charge in [-0.1, -0.05) is 27.7 Å². The molecule has 0 radical (unpaired) electrons. The molecule has 1 aliphatic heterocycles. The lowest BCUT2D eigenvalue weighted by Gasteiger charge is -2.37. The molecule has 0 bridgehead atoms. The summed E-state index contributed by atoms with van der Waals surface area (Å²) in [4.78, 5) is 4.84. The summed E-state index contributed by atoms with van der Waals surface area (Å²) in [5.41, 5.74) is 0.422. The van der Waals surface area contributed by atoms with Gasteiger partial charge >= 0.3 is 0 Å². The quantitative estimate of drug-likeness (QED) is 0.814. The Morgan fingerprint density at radius 1 is 1.00 bits per heavy atom. The van der Waals surface area contributed by atoms with Crippen molar-refractivity contribution in [2.45, 2.75) is 65.6 Å². The predicted molar refractivity (Wildman–Crippen MR) is 95.7 cm³/mol. The Labute approximate surface area is 143 Å². The van der Waals surface area contributed by atoms with E-state index in [2.05, 4.69) is 37.5 Å². The number of β-amino-alcohol motifs (C(OH)–C–C–N with tert-alkyl or cyclic N) is 1. The highest BCUT2D eigenvalue weighted by Crippen LogP contribution is 2.38. The number of aliphatic hydroxyl groups is 1. The summed E-state index contributed by atoms with van der Waals surface area (Å²) in [7, 11) is 0. The summed E-state index contributed by atoms with van der Waals surface area (Å²) in [6.07, 6.45) is 4.86. The van der Waals surface area contributed by atoms with Crippen molar-refractivity contribution in [1.82, 2.24) is 9.80 Å². The van der Waals surface area contributed by atoms with Crippen molar-refractivity contribution in [3.05, 3.63) is 0 Å². The molecule has 0 spiro atoms. The van der Waals surface area contributed by atoms with Crippen molar-refractivity contribution < 1.29 is 9.84 Å². The molecule has 1 saturated carbocycles. The van der Waals surface area contributed by atoms with Crippen molar-refractivity contribution in [3.8, 4) is 0 Å². The molecule has 0 aromatic heterocycles. The van der Waals surface area contributed by atoms with Gasteiger partial charge in [-0.25, -0.2) is 0 Å². The average Bonchev–Trinajstić information content (AvgIpc) is 2.53. The first kappa shape index (κ1) is 19.2. The second kappa shape index (κ2) is 8.80. The Kier molecular flexibility index (Phi) is 7.33. The summed E-state index contributed by atoms with van der Waals surface area (Å²) in [6.45, 7) is 16.0. The van der Waals surface area contributed by atoms with Crippen LogP contribution in [0, 0.1) is 11.3 Å². The fraction of sp³-hybridized carbons (Fsp3) is 1.00. The average molecular weight is 327 g/mol. The Hall–Kier alpha value is -0.160. The van der Waals surface area contributed by atoms with Crippen LogP contribution < -0.4 is 0 Å². The first-order valence-corrected chi connectivity index (χ1v) is 9.63. The van der Waals surface area contributed by atoms with Gasteiger partial charge in [-0.3, -0.25) is 4.90 Å². The van der Waals surface area contributed by atoms with Gasteiger partial charge in [-0.2, -0.15) is 0 Å². The van der Waals surface area contributed by atoms with E-state index in [0.29, 0.717) is 18.1 Å². The third kappa shape index (κ3) is 6.33. The van der Waals surface area contributed by atoms with Crippen LogP contribution in [0.3, 0.4) is 0 Å². The summed E-state index contributed by atoms with van der Waals surface area (Å²) in [5, 5.41) is 10.3. The molecule has 0 amide bonds. The molecular weight excluding hydrogens is 288 g/mol. The normalized spacial score (nSPS) is 29.6. The molecule has 1 atom stereocenters. The molecule has 0 unspecified atom stereocenters. The molecule has 1 aliphatic carbocycles. The molecule has 4 heteroatoms. The van der Waals surface area contributed by atoms with Crippen molar-refractivity contribution in [2.24, 2.45) is 11.3 Å². The van der Waals surface area contributed by atoms with Crippen molar-refractivity contribution >= 4 is 0 Å². The number of likely N-dealkylation sites (N-methyl/N-ethyl adjacent to an activating group) is 1. The van der Waals surface area contributed by atoms with E-state index in [1.165, 1.54) is 12.8 Å². The van der Waals surface area contributed by atoms with E-state index in [-0.39, 0.29) is 6.10 Å². The minimum Gasteiger partial charge on any atom is -0.389 e. The first-order chi connectivity index (χ1) is 10.9. The lowest BCUT2D eigenvalue weighted by atomic mass is 9.72. The van der Waals surface area contributed by atoms with Crippen LogP contribution >= 0.6 is 0 Å². The number of ether oxygens (including phenoxy) is 1. The maximum Gasteiger partial charge on any atom is 0.0900 e. The largest absolute Gasteiger partial charge is 0.389 e. The number of piperazine rings is 1. The second-order valence-corrected chi connectivity index (χ2v) is 8.56. The molecule has 2 fully saturated rings. The topological polar surface area (TPSA) is 35.9 Å². The van der Waals surface area contributed by atoms with Crippen molar-refractivity contribution in [2.75, 3.05) is 45.9 Å². The number of rotatable bonds is 6. The monoisotopic (exact) mass is 326 g/mol. The van der Waals surface area contributed by atoms with Gasteiger partial charge in [-0.15, -0.1) is 0 Å². The molecule has 1 N–H and O–H groups in total. The highest BCUT2D eigenvalue weighted by molar-refractivity contribution is 4.81. The highest BCUT2D eigenvalue weighted by atomic mass is 16.5. The van der Waals surface area contributed by atoms with Crippen LogP contribution in [0.5, 0.6) is 0 Å². The van der Waals surface area contributed by atoms with Gasteiger partial charge in [0.05, 0.1) is 18.8 Å². The van der Waals surface area contributed by atoms with Gasteiger partial charge < -0.3 is 14.7 Å². The van der Waals surface area contributed by atoms with Crippen LogP contribution in [0.25, 0.3) is 0 Å². The van der Waals surface area contributed by atoms with Gasteiger partial charge in [0.25, 0.3) is 0 Å².